The second-order valence-corrected chi connectivity index (χ2v) is 2.79. The Morgan fingerprint density at radius 1 is 1.45 bits per heavy atom. The first-order valence-corrected chi connectivity index (χ1v) is 2.92. The molecule has 5 heteroatoms. The van der Waals surface area contributed by atoms with E-state index in [1.165, 1.54) is 0 Å². The molecular weight excluding hydrogens is 150 g/mol. The topological polar surface area (TPSA) is 86.6 Å². The molecule has 0 heterocycles. The molecule has 0 rings (SSSR count). The summed E-state index contributed by atoms with van der Waals surface area (Å²) in [6, 6.07) is 0. The van der Waals surface area contributed by atoms with Gasteiger partial charge in [-0.3, -0.25) is 4.79 Å². The van der Waals surface area contributed by atoms with E-state index in [1.807, 2.05) is 0 Å². The molecule has 0 bridgehead atoms. The van der Waals surface area contributed by atoms with E-state index in [4.69, 9.17) is 15.0 Å². The van der Waals surface area contributed by atoms with E-state index in [0.717, 1.165) is 0 Å². The minimum absolute atomic E-state index is 0.250. The molecule has 1 amide bonds. The second kappa shape index (κ2) is 5.52. The van der Waals surface area contributed by atoms with Crippen molar-refractivity contribution in [2.45, 2.75) is 26.3 Å². The SMILES string of the molecule is CC(C)(C)NC(=O)O.O=CO. The van der Waals surface area contributed by atoms with Gasteiger partial charge in [-0.1, -0.05) is 0 Å². The Bertz CT molecular complexity index is 127. The molecule has 3 N–H and O–H groups in total. The van der Waals surface area contributed by atoms with Gasteiger partial charge < -0.3 is 15.5 Å². The summed E-state index contributed by atoms with van der Waals surface area (Å²) in [4.78, 5) is 18.3. The third-order valence-electron chi connectivity index (χ3n) is 0.482. The van der Waals surface area contributed by atoms with Crippen LogP contribution in [0.5, 0.6) is 0 Å². The van der Waals surface area contributed by atoms with Crippen molar-refractivity contribution >= 4 is 12.6 Å². The van der Waals surface area contributed by atoms with Gasteiger partial charge in [-0.05, 0) is 20.8 Å². The van der Waals surface area contributed by atoms with Crippen molar-refractivity contribution in [2.24, 2.45) is 0 Å². The molecule has 0 saturated heterocycles. The first-order chi connectivity index (χ1) is 4.83. The molecule has 0 fully saturated rings. The minimum Gasteiger partial charge on any atom is -0.483 e. The fraction of sp³-hybridized carbons (Fsp3) is 0.667. The van der Waals surface area contributed by atoms with Gasteiger partial charge in [-0.25, -0.2) is 4.79 Å². The molecule has 0 aromatic heterocycles. The van der Waals surface area contributed by atoms with Crippen molar-refractivity contribution in [1.82, 2.24) is 5.32 Å². The molecule has 66 valence electrons. The zero-order chi connectivity index (χ0) is 9.49. The summed E-state index contributed by atoms with van der Waals surface area (Å²) in [6.45, 7) is 5.13. The van der Waals surface area contributed by atoms with E-state index in [1.54, 1.807) is 20.8 Å². The molecule has 0 radical (unpaired) electrons. The van der Waals surface area contributed by atoms with Crippen molar-refractivity contribution in [2.75, 3.05) is 0 Å². The molecule has 0 aliphatic heterocycles. The van der Waals surface area contributed by atoms with Crippen LogP contribution in [0.3, 0.4) is 0 Å². The van der Waals surface area contributed by atoms with Crippen LogP contribution in [0.2, 0.25) is 0 Å². The molecule has 0 unspecified atom stereocenters. The second-order valence-electron chi connectivity index (χ2n) is 2.79. The highest BCUT2D eigenvalue weighted by molar-refractivity contribution is 5.65. The molecular formula is C6H13NO4. The summed E-state index contributed by atoms with van der Waals surface area (Å²) >= 11 is 0. The third kappa shape index (κ3) is 28.4. The number of hydrogen-bond acceptors (Lipinski definition) is 2. The first-order valence-electron chi connectivity index (χ1n) is 2.92. The van der Waals surface area contributed by atoms with E-state index < -0.39 is 6.09 Å². The maximum absolute atomic E-state index is 9.90. The highest BCUT2D eigenvalue weighted by Gasteiger charge is 2.10. The molecule has 0 saturated carbocycles. The van der Waals surface area contributed by atoms with Crippen LogP contribution in [0.1, 0.15) is 20.8 Å². The normalized spacial score (nSPS) is 9.00. The van der Waals surface area contributed by atoms with Gasteiger partial charge in [-0.15, -0.1) is 0 Å². The first kappa shape index (κ1) is 12.4. The van der Waals surface area contributed by atoms with E-state index in [2.05, 4.69) is 5.32 Å². The van der Waals surface area contributed by atoms with E-state index in [9.17, 15) is 4.79 Å². The lowest BCUT2D eigenvalue weighted by Crippen LogP contribution is -2.39. The average molecular weight is 163 g/mol. The summed E-state index contributed by atoms with van der Waals surface area (Å²) in [6.07, 6.45) is -0.975. The lowest BCUT2D eigenvalue weighted by Gasteiger charge is -2.16. The highest BCUT2D eigenvalue weighted by Crippen LogP contribution is 1.96. The third-order valence-corrected chi connectivity index (χ3v) is 0.482. The fourth-order valence-corrected chi connectivity index (χ4v) is 0.321. The van der Waals surface area contributed by atoms with Gasteiger partial charge in [0.25, 0.3) is 6.47 Å². The van der Waals surface area contributed by atoms with Crippen LogP contribution in [0.15, 0.2) is 0 Å². The number of carboxylic acid groups (broad SMARTS) is 2. The lowest BCUT2D eigenvalue weighted by molar-refractivity contribution is -0.122. The lowest BCUT2D eigenvalue weighted by atomic mass is 10.1. The Balaban J connectivity index is 0. The molecule has 0 aliphatic rings. The van der Waals surface area contributed by atoms with Crippen LogP contribution < -0.4 is 5.32 Å². The standard InChI is InChI=1S/C5H11NO2.CH2O2/c1-5(2,3)6-4(7)8;2-1-3/h6H,1-3H3,(H,7,8);1H,(H,2,3). The van der Waals surface area contributed by atoms with Crippen molar-refractivity contribution in [3.05, 3.63) is 0 Å². The van der Waals surface area contributed by atoms with Crippen LogP contribution in [0.25, 0.3) is 0 Å². The predicted molar refractivity (Wildman–Crippen MR) is 39.6 cm³/mol. The Hall–Kier alpha value is -1.26. The van der Waals surface area contributed by atoms with Gasteiger partial charge in [0, 0.05) is 5.54 Å². The van der Waals surface area contributed by atoms with Gasteiger partial charge >= 0.3 is 6.09 Å². The summed E-state index contributed by atoms with van der Waals surface area (Å²) in [5.41, 5.74) is -0.328. The van der Waals surface area contributed by atoms with Gasteiger partial charge in [0.15, 0.2) is 0 Å². The number of nitrogens with one attached hydrogen (secondary N) is 1. The number of carbonyl (C=O) groups is 2. The monoisotopic (exact) mass is 163 g/mol. The number of amides is 1. The molecule has 5 nitrogen and oxygen atoms in total. The zero-order valence-electron chi connectivity index (χ0n) is 6.79. The van der Waals surface area contributed by atoms with E-state index in [0.29, 0.717) is 0 Å². The molecule has 0 aromatic rings. The smallest absolute Gasteiger partial charge is 0.405 e. The summed E-state index contributed by atoms with van der Waals surface area (Å²) in [7, 11) is 0. The quantitative estimate of drug-likeness (QED) is 0.460. The summed E-state index contributed by atoms with van der Waals surface area (Å²) in [5, 5.41) is 17.3. The summed E-state index contributed by atoms with van der Waals surface area (Å²) in [5.74, 6) is 0. The minimum atomic E-state index is -0.975. The Morgan fingerprint density at radius 2 is 1.73 bits per heavy atom. The number of hydrogen-bond donors (Lipinski definition) is 3. The van der Waals surface area contributed by atoms with Crippen LogP contribution in [0.4, 0.5) is 4.79 Å². The largest absolute Gasteiger partial charge is 0.483 e. The van der Waals surface area contributed by atoms with Crippen LogP contribution in [-0.2, 0) is 4.79 Å². The van der Waals surface area contributed by atoms with Gasteiger partial charge in [0.2, 0.25) is 0 Å². The van der Waals surface area contributed by atoms with Crippen molar-refractivity contribution < 1.29 is 19.8 Å². The van der Waals surface area contributed by atoms with E-state index >= 15 is 0 Å². The molecule has 11 heavy (non-hydrogen) atoms. The van der Waals surface area contributed by atoms with Gasteiger partial charge in [-0.2, -0.15) is 0 Å². The van der Waals surface area contributed by atoms with Crippen LogP contribution >= 0.6 is 0 Å². The molecule has 0 aliphatic carbocycles. The fourth-order valence-electron chi connectivity index (χ4n) is 0.321. The van der Waals surface area contributed by atoms with Crippen molar-refractivity contribution in [3.63, 3.8) is 0 Å². The Kier molecular flexibility index (Phi) is 6.23. The van der Waals surface area contributed by atoms with Gasteiger partial charge in [0.1, 0.15) is 0 Å². The Morgan fingerprint density at radius 3 is 1.73 bits per heavy atom. The maximum atomic E-state index is 9.90. The predicted octanol–water partition coefficient (Wildman–Crippen LogP) is 0.753. The number of rotatable bonds is 0. The molecule has 0 aromatic carbocycles. The summed E-state index contributed by atoms with van der Waals surface area (Å²) < 4.78 is 0. The van der Waals surface area contributed by atoms with E-state index in [-0.39, 0.29) is 12.0 Å². The maximum Gasteiger partial charge on any atom is 0.405 e. The highest BCUT2D eigenvalue weighted by atomic mass is 16.4. The molecule has 0 spiro atoms. The van der Waals surface area contributed by atoms with Crippen LogP contribution in [0, 0.1) is 0 Å². The van der Waals surface area contributed by atoms with Crippen molar-refractivity contribution in [1.29, 1.82) is 0 Å². The average Bonchev–Trinajstić information content (AvgIpc) is 1.57. The zero-order valence-corrected chi connectivity index (χ0v) is 6.79. The molecule has 0 atom stereocenters. The Labute approximate surface area is 65.0 Å². The van der Waals surface area contributed by atoms with Gasteiger partial charge in [0.05, 0.1) is 0 Å². The van der Waals surface area contributed by atoms with Crippen molar-refractivity contribution in [3.8, 4) is 0 Å². The van der Waals surface area contributed by atoms with Crippen LogP contribution in [-0.4, -0.2) is 28.3 Å².